The van der Waals surface area contributed by atoms with Crippen LogP contribution in [-0.2, 0) is 26.0 Å². The molecule has 2 aromatic rings. The molecule has 1 atom stereocenters. The van der Waals surface area contributed by atoms with E-state index in [4.69, 9.17) is 11.1 Å². The Balaban J connectivity index is 1.62. The number of piperazine rings is 1. The minimum atomic E-state index is -3.66. The van der Waals surface area contributed by atoms with E-state index in [2.05, 4.69) is 6.92 Å². The zero-order chi connectivity index (χ0) is 24.9. The van der Waals surface area contributed by atoms with Crippen LogP contribution in [0.25, 0.3) is 0 Å². The van der Waals surface area contributed by atoms with E-state index in [0.717, 1.165) is 18.4 Å². The maximum absolute atomic E-state index is 13.0. The monoisotopic (exact) mass is 486 g/mol. The number of aryl methyl sites for hydroxylation is 1. The molecule has 0 radical (unpaired) electrons. The lowest BCUT2D eigenvalue weighted by Gasteiger charge is -2.34. The highest BCUT2D eigenvalue weighted by atomic mass is 32.2. The van der Waals surface area contributed by atoms with Gasteiger partial charge in [0.1, 0.15) is 5.84 Å². The van der Waals surface area contributed by atoms with Crippen molar-refractivity contribution >= 4 is 27.7 Å². The predicted octanol–water partition coefficient (Wildman–Crippen LogP) is 2.01. The average Bonchev–Trinajstić information content (AvgIpc) is 2.83. The number of sulfonamides is 1. The van der Waals surface area contributed by atoms with E-state index in [1.54, 1.807) is 36.4 Å². The number of amidine groups is 1. The van der Waals surface area contributed by atoms with E-state index < -0.39 is 21.9 Å². The smallest absolute Gasteiger partial charge is 0.311 e. The number of nitrogens with one attached hydrogen (secondary N) is 1. The van der Waals surface area contributed by atoms with Crippen molar-refractivity contribution in [2.75, 3.05) is 26.2 Å². The number of hydrogen-bond donors (Lipinski definition) is 3. The standard InChI is InChI=1S/C24H30N4O5S/c1-2-3-17-4-10-20(11-5-17)34(32,33)28-14-12-27(13-15-28)22(29)16-21(24(30)31)18-6-8-19(9-7-18)23(25)26/h4-11,21H,2-3,12-16H2,1H3,(H3,25,26)(H,30,31). The van der Waals surface area contributed by atoms with E-state index in [1.807, 2.05) is 12.1 Å². The van der Waals surface area contributed by atoms with E-state index in [-0.39, 0.29) is 49.2 Å². The van der Waals surface area contributed by atoms with Crippen molar-refractivity contribution in [1.82, 2.24) is 9.21 Å². The van der Waals surface area contributed by atoms with Crippen LogP contribution >= 0.6 is 0 Å². The molecule has 0 bridgehead atoms. The number of carbonyl (C=O) groups excluding carboxylic acids is 1. The van der Waals surface area contributed by atoms with Crippen LogP contribution in [0.5, 0.6) is 0 Å². The van der Waals surface area contributed by atoms with Crippen LogP contribution in [0.4, 0.5) is 0 Å². The topological polar surface area (TPSA) is 145 Å². The van der Waals surface area contributed by atoms with Crippen LogP contribution in [0, 0.1) is 5.41 Å². The number of nitrogen functional groups attached to an aromatic ring is 1. The first-order valence-electron chi connectivity index (χ1n) is 11.2. The third kappa shape index (κ3) is 5.81. The van der Waals surface area contributed by atoms with Crippen molar-refractivity contribution in [3.05, 3.63) is 65.2 Å². The maximum Gasteiger partial charge on any atom is 0.311 e. The lowest BCUT2D eigenvalue weighted by atomic mass is 9.94. The van der Waals surface area contributed by atoms with Crippen molar-refractivity contribution in [3.63, 3.8) is 0 Å². The zero-order valence-corrected chi connectivity index (χ0v) is 19.9. The summed E-state index contributed by atoms with van der Waals surface area (Å²) in [6, 6.07) is 13.1. The lowest BCUT2D eigenvalue weighted by molar-refractivity contribution is -0.143. The third-order valence-corrected chi connectivity index (χ3v) is 7.90. The van der Waals surface area contributed by atoms with Crippen molar-refractivity contribution < 1.29 is 23.1 Å². The summed E-state index contributed by atoms with van der Waals surface area (Å²) < 4.78 is 27.3. The van der Waals surface area contributed by atoms with Gasteiger partial charge in [-0.3, -0.25) is 15.0 Å². The van der Waals surface area contributed by atoms with Crippen LogP contribution in [0.15, 0.2) is 53.4 Å². The van der Waals surface area contributed by atoms with Gasteiger partial charge in [0.15, 0.2) is 0 Å². The van der Waals surface area contributed by atoms with E-state index in [1.165, 1.54) is 9.21 Å². The molecule has 1 aliphatic rings. The fourth-order valence-corrected chi connectivity index (χ4v) is 5.41. The van der Waals surface area contributed by atoms with Gasteiger partial charge in [0, 0.05) is 38.2 Å². The molecule has 9 nitrogen and oxygen atoms in total. The SMILES string of the molecule is CCCc1ccc(S(=O)(=O)N2CCN(C(=O)CC(C(=O)O)c3ccc(C(=N)N)cc3)CC2)cc1. The van der Waals surface area contributed by atoms with Gasteiger partial charge in [-0.1, -0.05) is 49.7 Å². The molecule has 1 aliphatic heterocycles. The molecular formula is C24H30N4O5S. The Bertz CT molecular complexity index is 1140. The molecule has 10 heteroatoms. The number of rotatable bonds is 9. The Morgan fingerprint density at radius 2 is 1.62 bits per heavy atom. The Morgan fingerprint density at radius 1 is 1.03 bits per heavy atom. The number of aliphatic carboxylic acids is 1. The minimum Gasteiger partial charge on any atom is -0.481 e. The number of nitrogens with zero attached hydrogens (tertiary/aromatic N) is 2. The predicted molar refractivity (Wildman–Crippen MR) is 128 cm³/mol. The van der Waals surface area contributed by atoms with Gasteiger partial charge in [-0.2, -0.15) is 4.31 Å². The second-order valence-corrected chi connectivity index (χ2v) is 10.2. The van der Waals surface area contributed by atoms with Gasteiger partial charge in [0.25, 0.3) is 0 Å². The molecule has 2 aromatic carbocycles. The molecule has 0 aromatic heterocycles. The molecule has 0 saturated carbocycles. The van der Waals surface area contributed by atoms with Crippen molar-refractivity contribution in [2.24, 2.45) is 5.73 Å². The second kappa shape index (κ2) is 10.8. The molecule has 0 aliphatic carbocycles. The first-order chi connectivity index (χ1) is 16.1. The molecule has 34 heavy (non-hydrogen) atoms. The highest BCUT2D eigenvalue weighted by molar-refractivity contribution is 7.89. The van der Waals surface area contributed by atoms with Crippen molar-refractivity contribution in [3.8, 4) is 0 Å². The molecule has 1 heterocycles. The first kappa shape index (κ1) is 25.4. The number of carbonyl (C=O) groups is 2. The molecular weight excluding hydrogens is 456 g/mol. The summed E-state index contributed by atoms with van der Waals surface area (Å²) in [7, 11) is -3.66. The molecule has 3 rings (SSSR count). The highest BCUT2D eigenvalue weighted by Gasteiger charge is 2.32. The number of hydrogen-bond acceptors (Lipinski definition) is 5. The Kier molecular flexibility index (Phi) is 8.06. The molecule has 1 saturated heterocycles. The summed E-state index contributed by atoms with van der Waals surface area (Å²) in [5.41, 5.74) is 7.43. The number of carboxylic acid groups (broad SMARTS) is 1. The van der Waals surface area contributed by atoms with Gasteiger partial charge in [-0.05, 0) is 29.7 Å². The van der Waals surface area contributed by atoms with Crippen LogP contribution in [0.2, 0.25) is 0 Å². The quantitative estimate of drug-likeness (QED) is 0.365. The zero-order valence-electron chi connectivity index (χ0n) is 19.1. The number of nitrogens with two attached hydrogens (primary N) is 1. The largest absolute Gasteiger partial charge is 0.481 e. The summed E-state index contributed by atoms with van der Waals surface area (Å²) in [5, 5.41) is 17.1. The maximum atomic E-state index is 13.0. The molecule has 0 spiro atoms. The van der Waals surface area contributed by atoms with Crippen LogP contribution < -0.4 is 5.73 Å². The van der Waals surface area contributed by atoms with Gasteiger partial charge in [0.2, 0.25) is 15.9 Å². The lowest BCUT2D eigenvalue weighted by Crippen LogP contribution is -2.50. The Labute approximate surface area is 199 Å². The first-order valence-corrected chi connectivity index (χ1v) is 12.6. The summed E-state index contributed by atoms with van der Waals surface area (Å²) >= 11 is 0. The number of amides is 1. The van der Waals surface area contributed by atoms with Crippen LogP contribution in [0.1, 0.15) is 42.4 Å². The second-order valence-electron chi connectivity index (χ2n) is 8.31. The Morgan fingerprint density at radius 3 is 2.12 bits per heavy atom. The van der Waals surface area contributed by atoms with Gasteiger partial charge in [0.05, 0.1) is 10.8 Å². The highest BCUT2D eigenvalue weighted by Crippen LogP contribution is 2.24. The summed E-state index contributed by atoms with van der Waals surface area (Å²) in [4.78, 5) is 26.4. The van der Waals surface area contributed by atoms with E-state index in [9.17, 15) is 23.1 Å². The van der Waals surface area contributed by atoms with Gasteiger partial charge in [-0.15, -0.1) is 0 Å². The van der Waals surface area contributed by atoms with E-state index >= 15 is 0 Å². The number of carboxylic acids is 1. The van der Waals surface area contributed by atoms with E-state index in [0.29, 0.717) is 11.1 Å². The number of benzene rings is 2. The fraction of sp³-hybridized carbons (Fsp3) is 0.375. The summed E-state index contributed by atoms with van der Waals surface area (Å²) in [6.45, 7) is 2.75. The molecule has 4 N–H and O–H groups in total. The molecule has 182 valence electrons. The fourth-order valence-electron chi connectivity index (χ4n) is 3.99. The van der Waals surface area contributed by atoms with Crippen LogP contribution in [0.3, 0.4) is 0 Å². The van der Waals surface area contributed by atoms with Gasteiger partial charge >= 0.3 is 5.97 Å². The minimum absolute atomic E-state index is 0.126. The van der Waals surface area contributed by atoms with Gasteiger partial charge < -0.3 is 15.7 Å². The molecule has 1 amide bonds. The molecule has 1 unspecified atom stereocenters. The third-order valence-electron chi connectivity index (χ3n) is 5.99. The normalized spacial score (nSPS) is 15.6. The molecule has 1 fully saturated rings. The summed E-state index contributed by atoms with van der Waals surface area (Å²) in [6.07, 6.45) is 1.63. The Hall–Kier alpha value is -3.24. The van der Waals surface area contributed by atoms with Gasteiger partial charge in [-0.25, -0.2) is 8.42 Å². The summed E-state index contributed by atoms with van der Waals surface area (Å²) in [5.74, 6) is -2.64. The van der Waals surface area contributed by atoms with Crippen LogP contribution in [-0.4, -0.2) is 66.6 Å². The average molecular weight is 487 g/mol. The van der Waals surface area contributed by atoms with Crippen molar-refractivity contribution in [1.29, 1.82) is 5.41 Å². The van der Waals surface area contributed by atoms with Crippen molar-refractivity contribution in [2.45, 2.75) is 37.0 Å².